The molecule has 150 valence electrons. The van der Waals surface area contributed by atoms with Crippen LogP contribution in [-0.4, -0.2) is 39.6 Å². The average Bonchev–Trinajstić information content (AvgIpc) is 3.40. The number of hydrogen-bond acceptors (Lipinski definition) is 4. The Morgan fingerprint density at radius 1 is 1.29 bits per heavy atom. The lowest BCUT2D eigenvalue weighted by atomic mass is 9.87. The summed E-state index contributed by atoms with van der Waals surface area (Å²) in [7, 11) is 1.92. The van der Waals surface area contributed by atoms with Gasteiger partial charge in [0.25, 0.3) is 5.91 Å². The highest BCUT2D eigenvalue weighted by Gasteiger charge is 2.29. The van der Waals surface area contributed by atoms with Crippen LogP contribution in [-0.2, 0) is 31.2 Å². The number of nitrogens with zero attached hydrogens (tertiary/aromatic N) is 3. The summed E-state index contributed by atoms with van der Waals surface area (Å²) in [6.07, 6.45) is 4.68. The molecule has 0 radical (unpaired) electrons. The minimum absolute atomic E-state index is 0.0193. The zero-order chi connectivity index (χ0) is 19.8. The normalized spacial score (nSPS) is 19.0. The third-order valence-corrected chi connectivity index (χ3v) is 7.38. The summed E-state index contributed by atoms with van der Waals surface area (Å²) in [5.74, 6) is 0.251. The molecule has 1 saturated heterocycles. The summed E-state index contributed by atoms with van der Waals surface area (Å²) in [6.45, 7) is 6.28. The van der Waals surface area contributed by atoms with E-state index in [-0.39, 0.29) is 17.7 Å². The Labute approximate surface area is 169 Å². The van der Waals surface area contributed by atoms with E-state index in [0.717, 1.165) is 67.0 Å². The van der Waals surface area contributed by atoms with Crippen LogP contribution in [0.1, 0.15) is 56.3 Å². The van der Waals surface area contributed by atoms with E-state index in [1.807, 2.05) is 36.5 Å². The van der Waals surface area contributed by atoms with Crippen molar-refractivity contribution in [3.05, 3.63) is 38.3 Å². The predicted octanol–water partition coefficient (Wildman–Crippen LogP) is 2.76. The van der Waals surface area contributed by atoms with Crippen molar-refractivity contribution in [2.75, 3.05) is 13.1 Å². The minimum atomic E-state index is -0.0193. The van der Waals surface area contributed by atoms with Crippen molar-refractivity contribution in [2.45, 2.75) is 52.5 Å². The van der Waals surface area contributed by atoms with Gasteiger partial charge >= 0.3 is 0 Å². The third-order valence-electron chi connectivity index (χ3n) is 6.16. The van der Waals surface area contributed by atoms with Gasteiger partial charge in [0, 0.05) is 48.7 Å². The molecule has 1 N–H and O–H groups in total. The number of thiophene rings is 1. The molecule has 4 rings (SSSR count). The second-order valence-electron chi connectivity index (χ2n) is 7.99. The van der Waals surface area contributed by atoms with Gasteiger partial charge in [-0.15, -0.1) is 11.3 Å². The summed E-state index contributed by atoms with van der Waals surface area (Å²) in [4.78, 5) is 29.5. The lowest BCUT2D eigenvalue weighted by Gasteiger charge is -2.21. The van der Waals surface area contributed by atoms with Gasteiger partial charge in [0.15, 0.2) is 0 Å². The number of likely N-dealkylation sites (tertiary alicyclic amines) is 1. The van der Waals surface area contributed by atoms with Crippen molar-refractivity contribution in [1.29, 1.82) is 0 Å². The molecular weight excluding hydrogens is 372 g/mol. The molecule has 6 nitrogen and oxygen atoms in total. The molecule has 2 aliphatic rings. The highest BCUT2D eigenvalue weighted by Crippen LogP contribution is 2.33. The molecule has 0 bridgehead atoms. The maximum atomic E-state index is 12.8. The first-order chi connectivity index (χ1) is 13.4. The number of hydrogen-bond donors (Lipinski definition) is 1. The van der Waals surface area contributed by atoms with Gasteiger partial charge in [-0.2, -0.15) is 5.10 Å². The van der Waals surface area contributed by atoms with Gasteiger partial charge in [-0.3, -0.25) is 14.3 Å². The van der Waals surface area contributed by atoms with Gasteiger partial charge in [0.1, 0.15) is 0 Å². The fourth-order valence-electron chi connectivity index (χ4n) is 4.32. The summed E-state index contributed by atoms with van der Waals surface area (Å²) in [5.41, 5.74) is 4.34. The third kappa shape index (κ3) is 3.60. The van der Waals surface area contributed by atoms with E-state index in [4.69, 9.17) is 0 Å². The quantitative estimate of drug-likeness (QED) is 0.858. The zero-order valence-electron chi connectivity index (χ0n) is 16.9. The van der Waals surface area contributed by atoms with Crippen molar-refractivity contribution < 1.29 is 9.59 Å². The van der Waals surface area contributed by atoms with Gasteiger partial charge in [0.2, 0.25) is 5.91 Å². The van der Waals surface area contributed by atoms with Crippen LogP contribution in [0.4, 0.5) is 0 Å². The monoisotopic (exact) mass is 400 g/mol. The first-order valence-electron chi connectivity index (χ1n) is 10.1. The fourth-order valence-corrected chi connectivity index (χ4v) is 5.50. The number of carbonyl (C=O) groups is 2. The second kappa shape index (κ2) is 7.70. The number of fused-ring (bicyclic) bond motifs is 1. The first-order valence-corrected chi connectivity index (χ1v) is 10.9. The molecule has 1 aliphatic heterocycles. The summed E-state index contributed by atoms with van der Waals surface area (Å²) < 4.78 is 1.86. The van der Waals surface area contributed by atoms with Crippen LogP contribution in [0, 0.1) is 19.8 Å². The Kier molecular flexibility index (Phi) is 5.27. The molecule has 3 heterocycles. The Morgan fingerprint density at radius 3 is 2.71 bits per heavy atom. The smallest absolute Gasteiger partial charge is 0.263 e. The van der Waals surface area contributed by atoms with Crippen LogP contribution in [0.3, 0.4) is 0 Å². The molecule has 2 amide bonds. The van der Waals surface area contributed by atoms with E-state index in [1.165, 1.54) is 10.4 Å². The Bertz CT molecular complexity index is 908. The Morgan fingerprint density at radius 2 is 2.04 bits per heavy atom. The van der Waals surface area contributed by atoms with Crippen LogP contribution in [0.5, 0.6) is 0 Å². The second-order valence-corrected chi connectivity index (χ2v) is 9.13. The van der Waals surface area contributed by atoms with Crippen molar-refractivity contribution in [1.82, 2.24) is 20.0 Å². The number of rotatable bonds is 4. The highest BCUT2D eigenvalue weighted by molar-refractivity contribution is 7.14. The van der Waals surface area contributed by atoms with Gasteiger partial charge in [-0.1, -0.05) is 0 Å². The average molecular weight is 401 g/mol. The summed E-state index contributed by atoms with van der Waals surface area (Å²) in [6, 6.07) is 2.04. The van der Waals surface area contributed by atoms with Gasteiger partial charge in [-0.25, -0.2) is 0 Å². The minimum Gasteiger partial charge on any atom is -0.352 e. The number of nitrogens with one attached hydrogen (secondary N) is 1. The Hall–Kier alpha value is -2.15. The molecule has 0 saturated carbocycles. The largest absolute Gasteiger partial charge is 0.352 e. The van der Waals surface area contributed by atoms with E-state index < -0.39 is 0 Å². The molecule has 2 aromatic rings. The van der Waals surface area contributed by atoms with Crippen LogP contribution < -0.4 is 5.32 Å². The van der Waals surface area contributed by atoms with E-state index in [0.29, 0.717) is 6.54 Å². The molecule has 0 spiro atoms. The highest BCUT2D eigenvalue weighted by atomic mass is 32.1. The van der Waals surface area contributed by atoms with Crippen molar-refractivity contribution in [2.24, 2.45) is 13.0 Å². The van der Waals surface area contributed by atoms with Gasteiger partial charge in [-0.05, 0) is 57.6 Å². The van der Waals surface area contributed by atoms with E-state index in [1.54, 1.807) is 11.3 Å². The lowest BCUT2D eigenvalue weighted by molar-refractivity contribution is -0.125. The molecule has 0 aromatic carbocycles. The lowest BCUT2D eigenvalue weighted by Crippen LogP contribution is -2.33. The van der Waals surface area contributed by atoms with Crippen LogP contribution in [0.2, 0.25) is 0 Å². The van der Waals surface area contributed by atoms with E-state index in [2.05, 4.69) is 10.4 Å². The fraction of sp³-hybridized carbons (Fsp3) is 0.571. The molecule has 7 heteroatoms. The van der Waals surface area contributed by atoms with Gasteiger partial charge in [0.05, 0.1) is 10.6 Å². The van der Waals surface area contributed by atoms with Crippen LogP contribution >= 0.6 is 11.3 Å². The number of amides is 2. The number of carbonyl (C=O) groups excluding carboxylic acids is 2. The maximum Gasteiger partial charge on any atom is 0.263 e. The SMILES string of the molecule is Cc1nn(C)c(C)c1CNC(=O)[C@@H]1CCc2sc(C(=O)N3CCCC3)cc2C1. The molecule has 28 heavy (non-hydrogen) atoms. The standard InChI is InChI=1S/C21H28N4O2S/c1-13-17(14(2)24(3)23-13)12-22-20(26)15-6-7-18-16(10-15)11-19(28-18)21(27)25-8-4-5-9-25/h11,15H,4-10,12H2,1-3H3,(H,22,26)/t15-/m1/s1. The van der Waals surface area contributed by atoms with E-state index in [9.17, 15) is 9.59 Å². The number of aromatic nitrogens is 2. The topological polar surface area (TPSA) is 67.2 Å². The molecular formula is C21H28N4O2S. The molecule has 2 aromatic heterocycles. The first kappa shape index (κ1) is 19.2. The molecule has 1 aliphatic carbocycles. The van der Waals surface area contributed by atoms with Crippen molar-refractivity contribution in [3.63, 3.8) is 0 Å². The number of aryl methyl sites for hydroxylation is 3. The zero-order valence-corrected chi connectivity index (χ0v) is 17.7. The van der Waals surface area contributed by atoms with Crippen molar-refractivity contribution >= 4 is 23.2 Å². The Balaban J connectivity index is 1.39. The predicted molar refractivity (Wildman–Crippen MR) is 110 cm³/mol. The molecule has 1 atom stereocenters. The summed E-state index contributed by atoms with van der Waals surface area (Å²) >= 11 is 1.63. The summed E-state index contributed by atoms with van der Waals surface area (Å²) in [5, 5.41) is 7.52. The maximum absolute atomic E-state index is 12.8. The van der Waals surface area contributed by atoms with Gasteiger partial charge < -0.3 is 10.2 Å². The van der Waals surface area contributed by atoms with Crippen LogP contribution in [0.15, 0.2) is 6.07 Å². The van der Waals surface area contributed by atoms with Crippen LogP contribution in [0.25, 0.3) is 0 Å². The van der Waals surface area contributed by atoms with E-state index >= 15 is 0 Å². The van der Waals surface area contributed by atoms with Crippen molar-refractivity contribution in [3.8, 4) is 0 Å². The molecule has 0 unspecified atom stereocenters. The molecule has 1 fully saturated rings.